The van der Waals surface area contributed by atoms with Crippen LogP contribution in [0.1, 0.15) is 112 Å². The Hall–Kier alpha value is -1.81. The minimum atomic E-state index is -0.634. The molecule has 0 aromatic carbocycles. The average Bonchev–Trinajstić information content (AvgIpc) is 3.21. The van der Waals surface area contributed by atoms with Crippen molar-refractivity contribution in [2.75, 3.05) is 0 Å². The van der Waals surface area contributed by atoms with E-state index in [1.54, 1.807) is 12.4 Å². The highest BCUT2D eigenvalue weighted by Crippen LogP contribution is 2.76. The van der Waals surface area contributed by atoms with Crippen molar-refractivity contribution in [1.82, 2.24) is 4.98 Å². The van der Waals surface area contributed by atoms with Gasteiger partial charge in [-0.1, -0.05) is 48.5 Å². The summed E-state index contributed by atoms with van der Waals surface area (Å²) in [5.74, 6) is 2.03. The monoisotopic (exact) mass is 545 g/mol. The van der Waals surface area contributed by atoms with Crippen molar-refractivity contribution >= 4 is 11.6 Å². The molecule has 1 heterocycles. The van der Waals surface area contributed by atoms with E-state index in [0.717, 1.165) is 56.1 Å². The van der Waals surface area contributed by atoms with Gasteiger partial charge in [-0.2, -0.15) is 0 Å². The van der Waals surface area contributed by atoms with Crippen molar-refractivity contribution in [2.45, 2.75) is 119 Å². The second-order valence-corrected chi connectivity index (χ2v) is 16.1. The lowest BCUT2D eigenvalue weighted by molar-refractivity contribution is -0.228. The number of rotatable bonds is 4. The highest BCUT2D eigenvalue weighted by molar-refractivity contribution is 6.07. The number of carbonyl (C=O) groups excluding carboxylic acids is 2. The molecule has 6 rings (SSSR count). The number of aromatic nitrogens is 1. The molecule has 0 unspecified atom stereocenters. The van der Waals surface area contributed by atoms with Crippen molar-refractivity contribution in [3.05, 3.63) is 41.2 Å². The first-order valence-corrected chi connectivity index (χ1v) is 16.1. The highest BCUT2D eigenvalue weighted by Gasteiger charge is 2.70. The van der Waals surface area contributed by atoms with Gasteiger partial charge in [0.15, 0.2) is 5.78 Å². The van der Waals surface area contributed by atoms with Crippen LogP contribution < -0.4 is 0 Å². The van der Waals surface area contributed by atoms with E-state index in [1.165, 1.54) is 12.0 Å². The van der Waals surface area contributed by atoms with Crippen LogP contribution in [0.25, 0.3) is 0 Å². The number of fused-ring (bicyclic) bond motifs is 7. The first-order valence-electron chi connectivity index (χ1n) is 16.1. The minimum Gasteiger partial charge on any atom is -0.393 e. The fourth-order valence-electron chi connectivity index (χ4n) is 11.8. The van der Waals surface area contributed by atoms with Gasteiger partial charge in [-0.3, -0.25) is 14.6 Å². The van der Waals surface area contributed by atoms with Crippen LogP contribution in [-0.2, 0) is 16.0 Å². The molecule has 1 aromatic rings. The molecule has 0 spiro atoms. The van der Waals surface area contributed by atoms with Gasteiger partial charge in [0, 0.05) is 25.2 Å². The van der Waals surface area contributed by atoms with E-state index in [4.69, 9.17) is 0 Å². The van der Waals surface area contributed by atoms with E-state index in [9.17, 15) is 14.7 Å². The van der Waals surface area contributed by atoms with Crippen LogP contribution in [0.2, 0.25) is 0 Å². The second kappa shape index (κ2) is 9.09. The average molecular weight is 546 g/mol. The topological polar surface area (TPSA) is 67.3 Å². The third-order valence-corrected chi connectivity index (χ3v) is 14.1. The molecule has 4 saturated carbocycles. The summed E-state index contributed by atoms with van der Waals surface area (Å²) in [5, 5.41) is 11.0. The molecule has 5 aliphatic rings. The van der Waals surface area contributed by atoms with E-state index in [2.05, 4.69) is 53.5 Å². The van der Waals surface area contributed by atoms with Crippen LogP contribution in [0.4, 0.5) is 0 Å². The third-order valence-electron chi connectivity index (χ3n) is 14.1. The van der Waals surface area contributed by atoms with Gasteiger partial charge in [-0.15, -0.1) is 0 Å². The number of aliphatic hydroxyl groups is 1. The number of carbonyl (C=O) groups is 2. The Morgan fingerprint density at radius 3 is 2.30 bits per heavy atom. The van der Waals surface area contributed by atoms with E-state index in [-0.39, 0.29) is 51.2 Å². The maximum atomic E-state index is 14.3. The Bertz CT molecular complexity index is 1250. The smallest absolute Gasteiger partial charge is 0.160 e. The number of nitrogens with zero attached hydrogens (tertiary/aromatic N) is 1. The molecule has 218 valence electrons. The molecule has 0 saturated heterocycles. The summed E-state index contributed by atoms with van der Waals surface area (Å²) < 4.78 is 0. The molecule has 4 nitrogen and oxygen atoms in total. The fourth-order valence-corrected chi connectivity index (χ4v) is 11.8. The number of ketones is 2. The van der Waals surface area contributed by atoms with Gasteiger partial charge in [-0.25, -0.2) is 0 Å². The van der Waals surface area contributed by atoms with E-state index in [0.29, 0.717) is 24.7 Å². The molecule has 5 aliphatic carbocycles. The van der Waals surface area contributed by atoms with Crippen molar-refractivity contribution < 1.29 is 14.7 Å². The fraction of sp³-hybridized carbons (Fsp3) is 0.750. The van der Waals surface area contributed by atoms with Crippen molar-refractivity contribution in [1.29, 1.82) is 0 Å². The molecule has 8 atom stereocenters. The zero-order chi connectivity index (χ0) is 28.9. The maximum absolute atomic E-state index is 14.3. The first-order chi connectivity index (χ1) is 18.7. The molecule has 1 aromatic heterocycles. The van der Waals surface area contributed by atoms with Gasteiger partial charge in [-0.05, 0) is 126 Å². The van der Waals surface area contributed by atoms with Gasteiger partial charge in [0.2, 0.25) is 0 Å². The summed E-state index contributed by atoms with van der Waals surface area (Å²) in [4.78, 5) is 32.3. The predicted octanol–water partition coefficient (Wildman–Crippen LogP) is 7.53. The molecule has 0 aliphatic heterocycles. The Balaban J connectivity index is 1.42. The molecule has 4 heteroatoms. The molecular weight excluding hydrogens is 494 g/mol. The first kappa shape index (κ1) is 28.3. The minimum absolute atomic E-state index is 0.0572. The molecular formula is C36H51NO3. The van der Waals surface area contributed by atoms with Crippen LogP contribution in [0.5, 0.6) is 0 Å². The van der Waals surface area contributed by atoms with Gasteiger partial charge in [0.1, 0.15) is 5.78 Å². The summed E-state index contributed by atoms with van der Waals surface area (Å²) >= 11 is 0. The summed E-state index contributed by atoms with van der Waals surface area (Å²) in [7, 11) is 0. The Morgan fingerprint density at radius 2 is 1.62 bits per heavy atom. The number of hydrogen-bond donors (Lipinski definition) is 1. The quantitative estimate of drug-likeness (QED) is 0.424. The van der Waals surface area contributed by atoms with Crippen LogP contribution in [0.15, 0.2) is 35.7 Å². The number of pyridine rings is 1. The SMILES string of the molecule is CC(C)C1=C2[C@H]3CC[C@@H]4[C@@]5(C)CC[C@H](O)C(C)(C)[C@@H]5CC[C@@]4(C)[C@]3(C)CC[C@@]2(C(=O)Cc2ccncc2)CC1=O. The zero-order valence-corrected chi connectivity index (χ0v) is 26.0. The van der Waals surface area contributed by atoms with Crippen LogP contribution in [0.3, 0.4) is 0 Å². The van der Waals surface area contributed by atoms with E-state index in [1.807, 2.05) is 12.1 Å². The molecule has 1 N–H and O–H groups in total. The normalized spacial score (nSPS) is 44.1. The lowest BCUT2D eigenvalue weighted by atomic mass is 9.33. The van der Waals surface area contributed by atoms with Gasteiger partial charge in [0.25, 0.3) is 0 Å². The standard InChI is InChI=1S/C36H51NO3/c1-22(2)30-25(38)21-36(29(40)20-23-12-18-37-19-13-23)17-16-34(6)24(31(30)36)8-9-27-33(5)14-11-28(39)32(3,4)26(33)10-15-35(27,34)7/h12-13,18-19,22,24,26-28,39H,8-11,14-17,20-21H2,1-7H3/t24-,26+,27-,28+,33+,34-,35-,36+/m1/s1. The predicted molar refractivity (Wildman–Crippen MR) is 158 cm³/mol. The molecule has 0 radical (unpaired) electrons. The highest BCUT2D eigenvalue weighted by atomic mass is 16.3. The second-order valence-electron chi connectivity index (χ2n) is 16.1. The van der Waals surface area contributed by atoms with Gasteiger partial charge in [0.05, 0.1) is 11.5 Å². The van der Waals surface area contributed by atoms with Crippen molar-refractivity contribution in [3.63, 3.8) is 0 Å². The zero-order valence-electron chi connectivity index (χ0n) is 26.0. The summed E-state index contributed by atoms with van der Waals surface area (Å²) in [6.07, 6.45) is 12.5. The summed E-state index contributed by atoms with van der Waals surface area (Å²) in [6.45, 7) is 16.6. The van der Waals surface area contributed by atoms with Crippen LogP contribution >= 0.6 is 0 Å². The van der Waals surface area contributed by atoms with Gasteiger partial charge < -0.3 is 5.11 Å². The summed E-state index contributed by atoms with van der Waals surface area (Å²) in [5.41, 5.74) is 2.98. The Morgan fingerprint density at radius 1 is 0.925 bits per heavy atom. The van der Waals surface area contributed by atoms with Crippen molar-refractivity contribution in [3.8, 4) is 0 Å². The Kier molecular flexibility index (Phi) is 6.44. The number of hydrogen-bond acceptors (Lipinski definition) is 4. The van der Waals surface area contributed by atoms with Crippen LogP contribution in [-0.4, -0.2) is 27.8 Å². The van der Waals surface area contributed by atoms with E-state index < -0.39 is 5.41 Å². The van der Waals surface area contributed by atoms with E-state index >= 15 is 0 Å². The van der Waals surface area contributed by atoms with Crippen molar-refractivity contribution in [2.24, 2.45) is 50.7 Å². The molecule has 0 amide bonds. The lowest BCUT2D eigenvalue weighted by Gasteiger charge is -2.72. The lowest BCUT2D eigenvalue weighted by Crippen LogP contribution is -2.65. The molecule has 40 heavy (non-hydrogen) atoms. The molecule has 0 bridgehead atoms. The van der Waals surface area contributed by atoms with Gasteiger partial charge >= 0.3 is 0 Å². The Labute approximate surface area is 241 Å². The third kappa shape index (κ3) is 3.56. The molecule has 4 fully saturated rings. The maximum Gasteiger partial charge on any atom is 0.160 e. The number of aliphatic hydroxyl groups excluding tert-OH is 1. The summed E-state index contributed by atoms with van der Waals surface area (Å²) in [6, 6.07) is 3.89. The largest absolute Gasteiger partial charge is 0.393 e. The van der Waals surface area contributed by atoms with Crippen LogP contribution in [0, 0.1) is 50.7 Å². The number of allylic oxidation sites excluding steroid dienone is 2. The number of Topliss-reactive ketones (excluding diaryl/α,β-unsaturated/α-hetero) is 2.